The third kappa shape index (κ3) is 19.8. The van der Waals surface area contributed by atoms with Crippen molar-refractivity contribution < 1.29 is 53.7 Å². The van der Waals surface area contributed by atoms with Gasteiger partial charge in [-0.3, -0.25) is 0 Å². The summed E-state index contributed by atoms with van der Waals surface area (Å²) in [7, 11) is -1.30. The highest BCUT2D eigenvalue weighted by Crippen LogP contribution is 2.35. The number of hydrogen-bond acceptors (Lipinski definition) is 10. The van der Waals surface area contributed by atoms with Crippen LogP contribution < -0.4 is 0 Å². The molecule has 2 aliphatic heterocycles. The Morgan fingerprint density at radius 1 is 0.615 bits per heavy atom. The summed E-state index contributed by atoms with van der Waals surface area (Å²) in [6, 6.07) is 29.0. The Balaban J connectivity index is 0.000000291. The van der Waals surface area contributed by atoms with E-state index in [-0.39, 0.29) is 23.6 Å². The van der Waals surface area contributed by atoms with E-state index in [4.69, 9.17) is 23.7 Å². The van der Waals surface area contributed by atoms with Crippen LogP contribution in [0.1, 0.15) is 127 Å². The van der Waals surface area contributed by atoms with E-state index in [0.717, 1.165) is 40.3 Å². The lowest BCUT2D eigenvalue weighted by Crippen LogP contribution is -2.34. The fourth-order valence-electron chi connectivity index (χ4n) is 10.1. The van der Waals surface area contributed by atoms with Crippen LogP contribution in [0.15, 0.2) is 121 Å². The quantitative estimate of drug-likeness (QED) is 0.0318. The summed E-state index contributed by atoms with van der Waals surface area (Å²) in [5, 5.41) is 42.1. The Morgan fingerprint density at radius 3 is 1.46 bits per heavy atom. The molecule has 12 heteroatoms. The van der Waals surface area contributed by atoms with Gasteiger partial charge in [-0.05, 0) is 139 Å². The van der Waals surface area contributed by atoms with Gasteiger partial charge in [-0.1, -0.05) is 178 Å². The number of carboxylic acid groups (broad SMARTS) is 1. The van der Waals surface area contributed by atoms with Crippen molar-refractivity contribution in [1.29, 1.82) is 0 Å². The van der Waals surface area contributed by atoms with E-state index in [9.17, 15) is 30.0 Å². The highest BCUT2D eigenvalue weighted by Gasteiger charge is 2.45. The number of aliphatic hydroxyl groups excluding tert-OH is 3. The second kappa shape index (κ2) is 28.7. The van der Waals surface area contributed by atoms with Crippen LogP contribution in [0, 0.1) is 45.4 Å². The SMILES string of the molecule is Cc1cc(C)c(C(=O)O)c(/C=C/C[C@@H]2OC(C)(C)O[C@@H]2C(O)/C=C\C(Cc2ccccc2)[C@H](C)O)c1.Cc1cc(C)c(C(=O)OCC[Si](C)(C)C)c(/C=C/C[C@@H]2OC(C)(C)O[C@@H]2C(O)/C=C\C(Cc2ccccc2)C(C)C)c1. The van der Waals surface area contributed by atoms with Gasteiger partial charge in [0.05, 0.1) is 36.0 Å². The topological polar surface area (TPSA) is 161 Å². The molecule has 4 aromatic carbocycles. The maximum Gasteiger partial charge on any atom is 0.338 e. The summed E-state index contributed by atoms with van der Waals surface area (Å²) in [6.07, 6.45) is 13.5. The molecule has 11 nitrogen and oxygen atoms in total. The van der Waals surface area contributed by atoms with Gasteiger partial charge in [0.2, 0.25) is 0 Å². The van der Waals surface area contributed by atoms with Crippen LogP contribution in [0.25, 0.3) is 12.2 Å². The Morgan fingerprint density at radius 2 is 1.04 bits per heavy atom. The van der Waals surface area contributed by atoms with Crippen molar-refractivity contribution in [3.05, 3.63) is 177 Å². The Kier molecular flexibility index (Phi) is 23.4. The van der Waals surface area contributed by atoms with Gasteiger partial charge in [0, 0.05) is 14.0 Å². The van der Waals surface area contributed by atoms with Crippen molar-refractivity contribution in [3.8, 4) is 0 Å². The monoisotopic (exact) mass is 1090 g/mol. The summed E-state index contributed by atoms with van der Waals surface area (Å²) >= 11 is 0. The second-order valence-electron chi connectivity index (χ2n) is 23.8. The number of carbonyl (C=O) groups is 2. The average molecular weight is 1090 g/mol. The number of ether oxygens (including phenoxy) is 5. The third-order valence-corrected chi connectivity index (χ3v) is 15.9. The van der Waals surface area contributed by atoms with Crippen LogP contribution in [0.4, 0.5) is 0 Å². The molecule has 0 spiro atoms. The van der Waals surface area contributed by atoms with E-state index < -0.39 is 62.2 Å². The number of hydrogen-bond donors (Lipinski definition) is 4. The fraction of sp³-hybridized carbons (Fsp3) is 0.485. The molecule has 78 heavy (non-hydrogen) atoms. The molecular formula is C66H90O11Si. The summed E-state index contributed by atoms with van der Waals surface area (Å²) in [6.45, 7) is 28.5. The molecule has 4 unspecified atom stereocenters. The van der Waals surface area contributed by atoms with Crippen LogP contribution >= 0.6 is 0 Å². The van der Waals surface area contributed by atoms with Gasteiger partial charge in [-0.15, -0.1) is 0 Å². The van der Waals surface area contributed by atoms with E-state index in [1.165, 1.54) is 5.56 Å². The molecule has 4 N–H and O–H groups in total. The average Bonchev–Trinajstić information content (AvgIpc) is 3.86. The molecule has 0 aliphatic carbocycles. The molecule has 2 aliphatic rings. The molecule has 2 heterocycles. The zero-order chi connectivity index (χ0) is 57.5. The van der Waals surface area contributed by atoms with Crippen LogP contribution in [-0.4, -0.2) is 101 Å². The van der Waals surface area contributed by atoms with Crippen LogP contribution in [0.5, 0.6) is 0 Å². The normalized spacial score (nSPS) is 21.3. The first-order valence-electron chi connectivity index (χ1n) is 27.8. The molecule has 0 amide bonds. The number of allylic oxidation sites excluding steroid dienone is 1. The Bertz CT molecular complexity index is 2680. The molecule has 424 valence electrons. The van der Waals surface area contributed by atoms with Gasteiger partial charge >= 0.3 is 11.9 Å². The molecule has 9 atom stereocenters. The van der Waals surface area contributed by atoms with E-state index in [2.05, 4.69) is 63.8 Å². The minimum absolute atomic E-state index is 0.158. The standard InChI is InChI=1S/C36H52O5Si.C30H38O6/c1-25(2)29(24-28-14-11-10-12-15-28)18-19-31(37)34-32(40-36(5,6)41-34)17-13-16-30-23-26(3)22-27(4)33(30)35(38)39-20-21-42(7,8)9;1-19-16-20(2)27(29(33)34)24(17-19)12-9-13-26-28(36-30(4,5)35-26)25(32)15-14-23(21(3)31)18-22-10-7-6-8-11-22/h10-16,18-19,22-23,25,29,31-32,34,37H,17,20-21,24H2,1-9H3;6-12,14-17,21,23,25-26,28,31-32H,13,18H2,1-5H3,(H,33,34)/b16-13+,19-18-;12-9+,15-14-/t29?,31?,32-,34+;21-,23?,25?,26-,28+/m00/s1. The minimum Gasteiger partial charge on any atom is -0.478 e. The number of carboxylic acids is 1. The van der Waals surface area contributed by atoms with Crippen molar-refractivity contribution in [2.75, 3.05) is 6.61 Å². The lowest BCUT2D eigenvalue weighted by atomic mass is 9.88. The largest absolute Gasteiger partial charge is 0.478 e. The van der Waals surface area contributed by atoms with Gasteiger partial charge in [0.15, 0.2) is 11.6 Å². The first-order valence-corrected chi connectivity index (χ1v) is 31.5. The highest BCUT2D eigenvalue weighted by molar-refractivity contribution is 6.76. The van der Waals surface area contributed by atoms with E-state index in [1.807, 2.05) is 126 Å². The number of rotatable bonds is 23. The van der Waals surface area contributed by atoms with Gasteiger partial charge in [-0.2, -0.15) is 0 Å². The number of benzene rings is 4. The highest BCUT2D eigenvalue weighted by atomic mass is 28.3. The van der Waals surface area contributed by atoms with Crippen molar-refractivity contribution in [2.24, 2.45) is 17.8 Å². The zero-order valence-corrected chi connectivity index (χ0v) is 49.9. The van der Waals surface area contributed by atoms with Gasteiger partial charge in [-0.25, -0.2) is 9.59 Å². The smallest absolute Gasteiger partial charge is 0.338 e. The number of aromatic carboxylic acids is 1. The third-order valence-electron chi connectivity index (χ3n) is 14.2. The number of aryl methyl sites for hydroxylation is 4. The number of aliphatic hydroxyl groups is 3. The molecule has 0 saturated carbocycles. The molecule has 0 radical (unpaired) electrons. The minimum atomic E-state index is -1.30. The fourth-order valence-corrected chi connectivity index (χ4v) is 10.8. The van der Waals surface area contributed by atoms with Gasteiger partial charge in [0.25, 0.3) is 0 Å². The summed E-state index contributed by atoms with van der Waals surface area (Å²) in [5.74, 6) is -2.34. The molecule has 2 fully saturated rings. The van der Waals surface area contributed by atoms with Crippen molar-refractivity contribution in [2.45, 2.75) is 182 Å². The van der Waals surface area contributed by atoms with Crippen molar-refractivity contribution in [1.82, 2.24) is 0 Å². The molecule has 2 saturated heterocycles. The van der Waals surface area contributed by atoms with Crippen LogP contribution in [0.3, 0.4) is 0 Å². The Hall–Kier alpha value is -5.28. The number of carbonyl (C=O) groups excluding carboxylic acids is 1. The molecule has 0 bridgehead atoms. The first kappa shape index (κ1) is 63.5. The zero-order valence-electron chi connectivity index (χ0n) is 48.9. The van der Waals surface area contributed by atoms with Crippen LogP contribution in [-0.2, 0) is 36.5 Å². The van der Waals surface area contributed by atoms with Gasteiger partial charge < -0.3 is 44.1 Å². The molecular weight excluding hydrogens is 997 g/mol. The molecule has 0 aromatic heterocycles. The van der Waals surface area contributed by atoms with Crippen molar-refractivity contribution in [3.63, 3.8) is 0 Å². The first-order chi connectivity index (χ1) is 36.6. The van der Waals surface area contributed by atoms with Crippen LogP contribution in [0.2, 0.25) is 25.7 Å². The molecule has 4 aromatic rings. The van der Waals surface area contributed by atoms with E-state index >= 15 is 0 Å². The Labute approximate surface area is 467 Å². The molecule has 6 rings (SSSR count). The summed E-state index contributed by atoms with van der Waals surface area (Å²) in [5.41, 5.74) is 8.44. The summed E-state index contributed by atoms with van der Waals surface area (Å²) in [4.78, 5) is 24.8. The summed E-state index contributed by atoms with van der Waals surface area (Å²) < 4.78 is 30.2. The maximum absolute atomic E-state index is 13.1. The predicted molar refractivity (Wildman–Crippen MR) is 316 cm³/mol. The van der Waals surface area contributed by atoms with E-state index in [1.54, 1.807) is 39.8 Å². The number of esters is 1. The second-order valence-corrected chi connectivity index (χ2v) is 29.5. The van der Waals surface area contributed by atoms with E-state index in [0.29, 0.717) is 54.4 Å². The van der Waals surface area contributed by atoms with Gasteiger partial charge in [0.1, 0.15) is 24.4 Å². The maximum atomic E-state index is 13.1. The lowest BCUT2D eigenvalue weighted by molar-refractivity contribution is -0.152. The lowest BCUT2D eigenvalue weighted by Gasteiger charge is -2.22. The predicted octanol–water partition coefficient (Wildman–Crippen LogP) is 13.2. The van der Waals surface area contributed by atoms with Crippen molar-refractivity contribution >= 4 is 32.2 Å².